The van der Waals surface area contributed by atoms with Crippen LogP contribution in [0.15, 0.2) is 40.7 Å². The number of esters is 1. The van der Waals surface area contributed by atoms with E-state index in [9.17, 15) is 31.5 Å². The van der Waals surface area contributed by atoms with E-state index >= 15 is 0 Å². The van der Waals surface area contributed by atoms with Crippen molar-refractivity contribution in [2.24, 2.45) is 0 Å². The Bertz CT molecular complexity index is 1280. The minimum absolute atomic E-state index is 0.0267. The van der Waals surface area contributed by atoms with Crippen LogP contribution < -0.4 is 14.2 Å². The van der Waals surface area contributed by atoms with Crippen molar-refractivity contribution in [1.29, 1.82) is 0 Å². The maximum atomic E-state index is 13.6. The van der Waals surface area contributed by atoms with Crippen molar-refractivity contribution in [2.45, 2.75) is 6.92 Å². The van der Waals surface area contributed by atoms with Gasteiger partial charge in [0, 0.05) is 12.1 Å². The van der Waals surface area contributed by atoms with Gasteiger partial charge in [-0.1, -0.05) is 0 Å². The fourth-order valence-electron chi connectivity index (χ4n) is 3.04. The van der Waals surface area contributed by atoms with Crippen LogP contribution in [-0.2, 0) is 4.79 Å². The number of halogens is 5. The third-order valence-electron chi connectivity index (χ3n) is 4.50. The van der Waals surface area contributed by atoms with Gasteiger partial charge in [-0.3, -0.25) is 4.79 Å². The Balaban J connectivity index is 1.49. The number of benzene rings is 2. The number of Topliss-reactive ketones (excluding diaryl/α,β-unsaturated/α-hetero) is 1. The average molecular weight is 466 g/mol. The lowest BCUT2D eigenvalue weighted by molar-refractivity contribution is -0.136. The Hall–Kier alpha value is -4.15. The summed E-state index contributed by atoms with van der Waals surface area (Å²) in [6, 6.07) is 5.78. The van der Waals surface area contributed by atoms with Gasteiger partial charge in [0.15, 0.2) is 18.1 Å². The Morgan fingerprint density at radius 3 is 2.33 bits per heavy atom. The quantitative estimate of drug-likeness (QED) is 0.133. The van der Waals surface area contributed by atoms with Gasteiger partial charge < -0.3 is 18.6 Å². The first kappa shape index (κ1) is 22.1. The van der Waals surface area contributed by atoms with Crippen molar-refractivity contribution >= 4 is 17.8 Å². The molecule has 4 rings (SSSR count). The second-order valence-electron chi connectivity index (χ2n) is 6.73. The zero-order valence-electron chi connectivity index (χ0n) is 16.5. The van der Waals surface area contributed by atoms with Crippen molar-refractivity contribution in [3.05, 3.63) is 82.3 Å². The number of rotatable bonds is 5. The first-order valence-electron chi connectivity index (χ1n) is 9.14. The first-order chi connectivity index (χ1) is 15.7. The number of aryl methyl sites for hydroxylation is 1. The normalized spacial score (nSPS) is 13.8. The van der Waals surface area contributed by atoms with E-state index in [0.717, 1.165) is 0 Å². The highest BCUT2D eigenvalue weighted by Crippen LogP contribution is 2.37. The Morgan fingerprint density at radius 1 is 1.03 bits per heavy atom. The average Bonchev–Trinajstić information content (AvgIpc) is 3.39. The van der Waals surface area contributed by atoms with Crippen LogP contribution in [0.4, 0.5) is 22.0 Å². The topological polar surface area (TPSA) is 75.0 Å². The molecule has 6 nitrogen and oxygen atoms in total. The van der Waals surface area contributed by atoms with E-state index in [0.29, 0.717) is 11.3 Å². The molecule has 0 unspecified atom stereocenters. The van der Waals surface area contributed by atoms with Crippen LogP contribution in [0, 0.1) is 36.0 Å². The first-order valence-corrected chi connectivity index (χ1v) is 9.14. The number of furan rings is 1. The number of allylic oxidation sites excluding steroid dienone is 1. The highest BCUT2D eigenvalue weighted by molar-refractivity contribution is 6.15. The maximum Gasteiger partial charge on any atom is 0.349 e. The summed E-state index contributed by atoms with van der Waals surface area (Å²) >= 11 is 0. The van der Waals surface area contributed by atoms with Gasteiger partial charge in [0.05, 0.1) is 11.8 Å². The molecule has 0 atom stereocenters. The van der Waals surface area contributed by atoms with Crippen LogP contribution in [0.25, 0.3) is 6.08 Å². The smallest absolute Gasteiger partial charge is 0.349 e. The van der Waals surface area contributed by atoms with Crippen LogP contribution in [0.1, 0.15) is 21.7 Å². The molecule has 0 spiro atoms. The molecule has 2 aromatic carbocycles. The molecule has 0 amide bonds. The lowest BCUT2D eigenvalue weighted by atomic mass is 10.0. The molecule has 0 bridgehead atoms. The van der Waals surface area contributed by atoms with Crippen molar-refractivity contribution in [2.75, 3.05) is 6.61 Å². The summed E-state index contributed by atoms with van der Waals surface area (Å²) < 4.78 is 86.9. The third-order valence-corrected chi connectivity index (χ3v) is 4.50. The summed E-state index contributed by atoms with van der Waals surface area (Å²) in [5.41, 5.74) is 0.620. The van der Waals surface area contributed by atoms with Crippen molar-refractivity contribution in [1.82, 2.24) is 0 Å². The van der Waals surface area contributed by atoms with Crippen LogP contribution in [-0.4, -0.2) is 18.4 Å². The molecule has 0 saturated carbocycles. The predicted octanol–water partition coefficient (Wildman–Crippen LogP) is 4.88. The number of ether oxygens (including phenoxy) is 3. The van der Waals surface area contributed by atoms with Gasteiger partial charge in [-0.2, -0.15) is 8.78 Å². The molecule has 11 heteroatoms. The monoisotopic (exact) mass is 466 g/mol. The minimum atomic E-state index is -2.36. The van der Waals surface area contributed by atoms with E-state index in [4.69, 9.17) is 13.9 Å². The van der Waals surface area contributed by atoms with Crippen molar-refractivity contribution in [3.8, 4) is 17.2 Å². The summed E-state index contributed by atoms with van der Waals surface area (Å²) in [5.74, 6) is -14.2. The minimum Gasteiger partial charge on any atom is -0.476 e. The van der Waals surface area contributed by atoms with Gasteiger partial charge >= 0.3 is 5.97 Å². The highest BCUT2D eigenvalue weighted by atomic mass is 19.2. The van der Waals surface area contributed by atoms with E-state index in [1.807, 2.05) is 0 Å². The van der Waals surface area contributed by atoms with E-state index in [1.54, 1.807) is 19.1 Å². The summed E-state index contributed by atoms with van der Waals surface area (Å²) in [6.45, 7) is 0.385. The summed E-state index contributed by atoms with van der Waals surface area (Å²) in [5, 5.41) is 0. The number of hydrogen-bond acceptors (Lipinski definition) is 6. The largest absolute Gasteiger partial charge is 0.476 e. The highest BCUT2D eigenvalue weighted by Gasteiger charge is 2.31. The predicted molar refractivity (Wildman–Crippen MR) is 100 cm³/mol. The Kier molecular flexibility index (Phi) is 5.62. The van der Waals surface area contributed by atoms with Gasteiger partial charge in [-0.05, 0) is 30.7 Å². The molecule has 0 saturated heterocycles. The molecule has 2 heterocycles. The molecule has 0 N–H and O–H groups in total. The Morgan fingerprint density at radius 2 is 1.70 bits per heavy atom. The van der Waals surface area contributed by atoms with Crippen LogP contribution in [0.3, 0.4) is 0 Å². The maximum absolute atomic E-state index is 13.6. The summed E-state index contributed by atoms with van der Waals surface area (Å²) in [4.78, 5) is 24.6. The molecule has 0 radical (unpaired) electrons. The number of hydrogen-bond donors (Lipinski definition) is 0. The standard InChI is InChI=1S/C22H11F5O6/c1-9-5-11(7-12-15(9)21(29)13(33-12)6-10-3-2-4-30-10)32-14(28)8-31-22-19(26)17(24)16(23)18(25)20(22)27/h2-7H,8H2,1H3/b13-6-. The lowest BCUT2D eigenvalue weighted by Crippen LogP contribution is -2.19. The van der Waals surface area contributed by atoms with Crippen LogP contribution in [0.5, 0.6) is 17.2 Å². The van der Waals surface area contributed by atoms with Gasteiger partial charge in [0.2, 0.25) is 34.9 Å². The molecular weight excluding hydrogens is 455 g/mol. The Labute approximate surface area is 181 Å². The fourth-order valence-corrected chi connectivity index (χ4v) is 3.04. The van der Waals surface area contributed by atoms with Crippen molar-refractivity contribution in [3.63, 3.8) is 0 Å². The van der Waals surface area contributed by atoms with Gasteiger partial charge in [-0.25, -0.2) is 18.0 Å². The van der Waals surface area contributed by atoms with E-state index in [2.05, 4.69) is 4.74 Å². The van der Waals surface area contributed by atoms with Gasteiger partial charge in [0.1, 0.15) is 17.3 Å². The molecule has 33 heavy (non-hydrogen) atoms. The molecule has 1 aliphatic rings. The van der Waals surface area contributed by atoms with E-state index in [1.165, 1.54) is 24.5 Å². The number of fused-ring (bicyclic) bond motifs is 1. The molecule has 0 fully saturated rings. The molecule has 170 valence electrons. The molecule has 0 aliphatic carbocycles. The van der Waals surface area contributed by atoms with Gasteiger partial charge in [0.25, 0.3) is 0 Å². The zero-order valence-corrected chi connectivity index (χ0v) is 16.5. The summed E-state index contributed by atoms with van der Waals surface area (Å²) in [6.07, 6.45) is 2.79. The van der Waals surface area contributed by atoms with Crippen LogP contribution in [0.2, 0.25) is 0 Å². The molecular formula is C22H11F5O6. The number of ketones is 1. The molecule has 1 aliphatic heterocycles. The molecule has 1 aromatic heterocycles. The number of carbonyl (C=O) groups excluding carboxylic acids is 2. The number of carbonyl (C=O) groups is 2. The van der Waals surface area contributed by atoms with E-state index < -0.39 is 53.2 Å². The van der Waals surface area contributed by atoms with E-state index in [-0.39, 0.29) is 22.8 Å². The third kappa shape index (κ3) is 4.04. The lowest BCUT2D eigenvalue weighted by Gasteiger charge is -2.11. The van der Waals surface area contributed by atoms with Crippen molar-refractivity contribution < 1.29 is 50.2 Å². The van der Waals surface area contributed by atoms with Crippen LogP contribution >= 0.6 is 0 Å². The second kappa shape index (κ2) is 8.41. The summed E-state index contributed by atoms with van der Waals surface area (Å²) in [7, 11) is 0. The second-order valence-corrected chi connectivity index (χ2v) is 6.73. The zero-order chi connectivity index (χ0) is 23.9. The molecule has 3 aromatic rings. The SMILES string of the molecule is Cc1cc(OC(=O)COc2c(F)c(F)c(F)c(F)c2F)cc2c1C(=O)/C(=C/c1ccco1)O2. The van der Waals surface area contributed by atoms with Gasteiger partial charge in [-0.15, -0.1) is 0 Å². The fraction of sp³-hybridized carbons (Fsp3) is 0.0909.